The SMILES string of the molecule is C=C(C=O)[C@@H](NS(=O)(=O)c1ccc(C)cc1)c1ccc(C)cc1. The minimum absolute atomic E-state index is 0.152. The second-order valence-electron chi connectivity index (χ2n) is 5.47. The lowest BCUT2D eigenvalue weighted by Crippen LogP contribution is -2.30. The molecule has 0 amide bonds. The molecule has 1 atom stereocenters. The van der Waals surface area contributed by atoms with Crippen molar-refractivity contribution in [2.75, 3.05) is 0 Å². The molecular weight excluding hydrogens is 310 g/mol. The normalized spacial score (nSPS) is 12.6. The van der Waals surface area contributed by atoms with Gasteiger partial charge >= 0.3 is 0 Å². The Bertz CT molecular complexity index is 806. The number of aryl methyl sites for hydroxylation is 2. The third-order valence-corrected chi connectivity index (χ3v) is 4.98. The molecule has 2 rings (SSSR count). The van der Waals surface area contributed by atoms with E-state index in [2.05, 4.69) is 11.3 Å². The van der Waals surface area contributed by atoms with Crippen LogP contribution in [0.3, 0.4) is 0 Å². The first-order valence-corrected chi connectivity index (χ1v) is 8.61. The van der Waals surface area contributed by atoms with Gasteiger partial charge in [0.15, 0.2) is 0 Å². The molecule has 0 heterocycles. The molecule has 0 saturated heterocycles. The Morgan fingerprint density at radius 3 is 1.96 bits per heavy atom. The molecule has 0 aliphatic heterocycles. The van der Waals surface area contributed by atoms with Gasteiger partial charge in [0.05, 0.1) is 10.9 Å². The van der Waals surface area contributed by atoms with Crippen molar-refractivity contribution in [3.05, 3.63) is 77.4 Å². The summed E-state index contributed by atoms with van der Waals surface area (Å²) in [5.74, 6) is 0. The van der Waals surface area contributed by atoms with Gasteiger partial charge < -0.3 is 0 Å². The van der Waals surface area contributed by atoms with Gasteiger partial charge in [-0.05, 0) is 31.5 Å². The van der Waals surface area contributed by atoms with E-state index in [0.29, 0.717) is 11.8 Å². The number of rotatable bonds is 6. The number of sulfonamides is 1. The van der Waals surface area contributed by atoms with Crippen molar-refractivity contribution in [3.63, 3.8) is 0 Å². The van der Waals surface area contributed by atoms with Gasteiger partial charge in [0.25, 0.3) is 0 Å². The van der Waals surface area contributed by atoms with E-state index < -0.39 is 16.1 Å². The van der Waals surface area contributed by atoms with Crippen LogP contribution in [0.4, 0.5) is 0 Å². The highest BCUT2D eigenvalue weighted by Gasteiger charge is 2.23. The van der Waals surface area contributed by atoms with Gasteiger partial charge in [-0.1, -0.05) is 54.1 Å². The van der Waals surface area contributed by atoms with Crippen LogP contribution in [0.15, 0.2) is 65.6 Å². The van der Waals surface area contributed by atoms with E-state index in [-0.39, 0.29) is 10.5 Å². The highest BCUT2D eigenvalue weighted by Crippen LogP contribution is 2.23. The fraction of sp³-hybridized carbons (Fsp3) is 0.167. The van der Waals surface area contributed by atoms with Gasteiger partial charge in [0, 0.05) is 5.57 Å². The van der Waals surface area contributed by atoms with Gasteiger partial charge in [-0.2, -0.15) is 4.72 Å². The van der Waals surface area contributed by atoms with Crippen LogP contribution in [0.2, 0.25) is 0 Å². The minimum atomic E-state index is -3.76. The monoisotopic (exact) mass is 329 g/mol. The summed E-state index contributed by atoms with van der Waals surface area (Å²) in [5, 5.41) is 0. The lowest BCUT2D eigenvalue weighted by molar-refractivity contribution is -0.105. The van der Waals surface area contributed by atoms with E-state index in [9.17, 15) is 13.2 Å². The van der Waals surface area contributed by atoms with Gasteiger partial charge in [0.1, 0.15) is 6.29 Å². The van der Waals surface area contributed by atoms with Gasteiger partial charge in [-0.15, -0.1) is 0 Å². The molecule has 0 fully saturated rings. The molecule has 2 aromatic carbocycles. The molecule has 0 unspecified atom stereocenters. The summed E-state index contributed by atoms with van der Waals surface area (Å²) in [6, 6.07) is 13.0. The fourth-order valence-corrected chi connectivity index (χ4v) is 3.35. The van der Waals surface area contributed by atoms with Gasteiger partial charge in [-0.3, -0.25) is 4.79 Å². The number of carbonyl (C=O) groups is 1. The number of aldehydes is 1. The number of carbonyl (C=O) groups excluding carboxylic acids is 1. The zero-order chi connectivity index (χ0) is 17.0. The Morgan fingerprint density at radius 2 is 1.48 bits per heavy atom. The number of hydrogen-bond donors (Lipinski definition) is 1. The lowest BCUT2D eigenvalue weighted by Gasteiger charge is -2.19. The van der Waals surface area contributed by atoms with Gasteiger partial charge in [0.2, 0.25) is 10.0 Å². The van der Waals surface area contributed by atoms with E-state index >= 15 is 0 Å². The van der Waals surface area contributed by atoms with Crippen molar-refractivity contribution in [1.82, 2.24) is 4.72 Å². The van der Waals surface area contributed by atoms with Crippen LogP contribution in [-0.4, -0.2) is 14.7 Å². The molecule has 4 nitrogen and oxygen atoms in total. The van der Waals surface area contributed by atoms with Crippen LogP contribution in [0.5, 0.6) is 0 Å². The Kier molecular flexibility index (Phi) is 5.13. The van der Waals surface area contributed by atoms with E-state index in [1.807, 2.05) is 26.0 Å². The predicted octanol–water partition coefficient (Wildman–Crippen LogP) is 3.08. The third kappa shape index (κ3) is 4.15. The highest BCUT2D eigenvalue weighted by atomic mass is 32.2. The molecule has 0 aliphatic rings. The van der Waals surface area contributed by atoms with E-state index in [0.717, 1.165) is 11.1 Å². The maximum absolute atomic E-state index is 12.5. The summed E-state index contributed by atoms with van der Waals surface area (Å²) in [6.07, 6.45) is 0.572. The zero-order valence-electron chi connectivity index (χ0n) is 13.1. The Balaban J connectivity index is 2.37. The number of hydrogen-bond acceptors (Lipinski definition) is 3. The third-order valence-electron chi connectivity index (χ3n) is 3.54. The first-order valence-electron chi connectivity index (χ1n) is 7.13. The van der Waals surface area contributed by atoms with Crippen LogP contribution < -0.4 is 4.72 Å². The van der Waals surface area contributed by atoms with E-state index in [4.69, 9.17) is 0 Å². The summed E-state index contributed by atoms with van der Waals surface area (Å²) in [5.41, 5.74) is 2.84. The molecule has 0 aliphatic carbocycles. The van der Waals surface area contributed by atoms with Crippen molar-refractivity contribution in [1.29, 1.82) is 0 Å². The Labute approximate surface area is 136 Å². The van der Waals surface area contributed by atoms with E-state index in [1.54, 1.807) is 24.3 Å². The molecule has 0 aromatic heterocycles. The summed E-state index contributed by atoms with van der Waals surface area (Å²) in [6.45, 7) is 7.49. The van der Waals surface area contributed by atoms with Crippen LogP contribution >= 0.6 is 0 Å². The largest absolute Gasteiger partial charge is 0.298 e. The van der Waals surface area contributed by atoms with Gasteiger partial charge in [-0.25, -0.2) is 8.42 Å². The molecule has 0 radical (unpaired) electrons. The Morgan fingerprint density at radius 1 is 1.00 bits per heavy atom. The van der Waals surface area contributed by atoms with Crippen molar-refractivity contribution in [2.24, 2.45) is 0 Å². The molecule has 0 saturated carbocycles. The average molecular weight is 329 g/mol. The smallest absolute Gasteiger partial charge is 0.241 e. The van der Waals surface area contributed by atoms with Crippen LogP contribution in [0.1, 0.15) is 22.7 Å². The molecule has 0 bridgehead atoms. The summed E-state index contributed by atoms with van der Waals surface area (Å²) in [4.78, 5) is 11.3. The van der Waals surface area contributed by atoms with E-state index in [1.165, 1.54) is 12.1 Å². The molecule has 5 heteroatoms. The van der Waals surface area contributed by atoms with Crippen LogP contribution in [0.25, 0.3) is 0 Å². The second kappa shape index (κ2) is 6.89. The standard InChI is InChI=1S/C18H19NO3S/c1-13-4-8-16(9-5-13)18(15(3)12-20)19-23(21,22)17-10-6-14(2)7-11-17/h4-12,18-19H,3H2,1-2H3/t18-/m1/s1. The molecule has 1 N–H and O–H groups in total. The summed E-state index contributed by atoms with van der Waals surface area (Å²) < 4.78 is 27.6. The van der Waals surface area contributed by atoms with Crippen molar-refractivity contribution in [3.8, 4) is 0 Å². The lowest BCUT2D eigenvalue weighted by atomic mass is 10.0. The zero-order valence-corrected chi connectivity index (χ0v) is 13.9. The number of benzene rings is 2. The first-order chi connectivity index (χ1) is 10.8. The average Bonchev–Trinajstić information content (AvgIpc) is 2.53. The predicted molar refractivity (Wildman–Crippen MR) is 90.6 cm³/mol. The summed E-state index contributed by atoms with van der Waals surface area (Å²) >= 11 is 0. The molecular formula is C18H19NO3S. The van der Waals surface area contributed by atoms with Crippen LogP contribution in [-0.2, 0) is 14.8 Å². The van der Waals surface area contributed by atoms with Crippen molar-refractivity contribution in [2.45, 2.75) is 24.8 Å². The molecule has 2 aromatic rings. The quantitative estimate of drug-likeness (QED) is 0.654. The Hall–Kier alpha value is -2.24. The fourth-order valence-electron chi connectivity index (χ4n) is 2.13. The topological polar surface area (TPSA) is 63.2 Å². The van der Waals surface area contributed by atoms with Crippen molar-refractivity contribution < 1.29 is 13.2 Å². The molecule has 120 valence electrons. The minimum Gasteiger partial charge on any atom is -0.298 e. The number of nitrogens with one attached hydrogen (secondary N) is 1. The van der Waals surface area contributed by atoms with Crippen molar-refractivity contribution >= 4 is 16.3 Å². The second-order valence-corrected chi connectivity index (χ2v) is 7.18. The highest BCUT2D eigenvalue weighted by molar-refractivity contribution is 7.89. The molecule has 23 heavy (non-hydrogen) atoms. The first kappa shape index (κ1) is 17.1. The maximum atomic E-state index is 12.5. The maximum Gasteiger partial charge on any atom is 0.241 e. The summed E-state index contributed by atoms with van der Waals surface area (Å²) in [7, 11) is -3.76. The van der Waals surface area contributed by atoms with Crippen LogP contribution in [0, 0.1) is 13.8 Å². The molecule has 0 spiro atoms.